The van der Waals surface area contributed by atoms with Crippen LogP contribution in [0.2, 0.25) is 0 Å². The van der Waals surface area contributed by atoms with Crippen molar-refractivity contribution in [2.45, 2.75) is 65.5 Å². The van der Waals surface area contributed by atoms with Crippen LogP contribution in [-0.2, 0) is 11.3 Å². The van der Waals surface area contributed by atoms with Gasteiger partial charge in [0.2, 0.25) is 5.91 Å². The zero-order chi connectivity index (χ0) is 17.6. The van der Waals surface area contributed by atoms with Crippen LogP contribution in [0.1, 0.15) is 58.4 Å². The molecule has 134 valence electrons. The molecule has 5 heteroatoms. The van der Waals surface area contributed by atoms with E-state index in [0.29, 0.717) is 19.0 Å². The summed E-state index contributed by atoms with van der Waals surface area (Å²) in [7, 11) is 0. The van der Waals surface area contributed by atoms with E-state index in [-0.39, 0.29) is 17.9 Å². The number of carbonyl (C=O) groups is 1. The first-order valence-electron chi connectivity index (χ1n) is 8.98. The summed E-state index contributed by atoms with van der Waals surface area (Å²) in [5.41, 5.74) is 1.01. The lowest BCUT2D eigenvalue weighted by atomic mass is 9.92. The van der Waals surface area contributed by atoms with Crippen LogP contribution in [0.3, 0.4) is 0 Å². The molecule has 24 heavy (non-hydrogen) atoms. The van der Waals surface area contributed by atoms with Gasteiger partial charge in [0.05, 0.1) is 0 Å². The van der Waals surface area contributed by atoms with E-state index in [1.165, 1.54) is 12.8 Å². The number of aliphatic hydroxyl groups excluding tert-OH is 1. The fourth-order valence-corrected chi connectivity index (χ4v) is 3.19. The monoisotopic (exact) mass is 333 g/mol. The molecular formula is C19H31N3O2. The fourth-order valence-electron chi connectivity index (χ4n) is 3.19. The quantitative estimate of drug-likeness (QED) is 0.840. The predicted molar refractivity (Wildman–Crippen MR) is 96.8 cm³/mol. The fraction of sp³-hybridized carbons (Fsp3) is 0.684. The third-order valence-electron chi connectivity index (χ3n) is 4.37. The molecule has 0 bridgehead atoms. The Morgan fingerprint density at radius 1 is 1.38 bits per heavy atom. The predicted octanol–water partition coefficient (Wildman–Crippen LogP) is 2.88. The van der Waals surface area contributed by atoms with Gasteiger partial charge in [0.15, 0.2) is 0 Å². The molecular weight excluding hydrogens is 302 g/mol. The normalized spacial score (nSPS) is 18.5. The van der Waals surface area contributed by atoms with Crippen LogP contribution in [0.15, 0.2) is 18.3 Å². The molecule has 1 aromatic heterocycles. The first-order valence-corrected chi connectivity index (χ1v) is 8.98. The minimum atomic E-state index is 0.00215. The molecule has 1 atom stereocenters. The van der Waals surface area contributed by atoms with Crippen LogP contribution in [0.5, 0.6) is 0 Å². The number of anilines is 1. The Hall–Kier alpha value is -1.62. The van der Waals surface area contributed by atoms with Gasteiger partial charge in [0.25, 0.3) is 0 Å². The number of carbonyl (C=O) groups excluding carboxylic acids is 1. The number of hydrogen-bond donors (Lipinski definition) is 2. The molecule has 2 heterocycles. The number of nitrogens with zero attached hydrogens (tertiary/aromatic N) is 2. The lowest BCUT2D eigenvalue weighted by Gasteiger charge is -2.36. The standard InChI is InChI=1S/C19H31N3O2/c1-19(2,3)12-18(24)21-14-15-7-8-17(20-13-15)22-10-5-4-6-16(22)9-11-23/h7-8,13,16,23H,4-6,9-12,14H2,1-3H3,(H,21,24). The molecule has 0 radical (unpaired) electrons. The van der Waals surface area contributed by atoms with E-state index in [1.807, 2.05) is 18.3 Å². The molecule has 0 spiro atoms. The number of aliphatic hydroxyl groups is 1. The number of rotatable bonds is 6. The van der Waals surface area contributed by atoms with E-state index in [2.05, 4.69) is 36.0 Å². The Morgan fingerprint density at radius 3 is 2.79 bits per heavy atom. The van der Waals surface area contributed by atoms with E-state index in [9.17, 15) is 9.90 Å². The summed E-state index contributed by atoms with van der Waals surface area (Å²) < 4.78 is 0. The van der Waals surface area contributed by atoms with Crippen molar-refractivity contribution in [3.63, 3.8) is 0 Å². The minimum absolute atomic E-state index is 0.00215. The average molecular weight is 333 g/mol. The number of nitrogens with one attached hydrogen (secondary N) is 1. The summed E-state index contributed by atoms with van der Waals surface area (Å²) in [6, 6.07) is 4.44. The van der Waals surface area contributed by atoms with Gasteiger partial charge in [-0.05, 0) is 42.7 Å². The van der Waals surface area contributed by atoms with Crippen molar-refractivity contribution in [1.82, 2.24) is 10.3 Å². The van der Waals surface area contributed by atoms with Crippen LogP contribution in [0.25, 0.3) is 0 Å². The highest BCUT2D eigenvalue weighted by atomic mass is 16.3. The van der Waals surface area contributed by atoms with Gasteiger partial charge in [-0.25, -0.2) is 4.98 Å². The zero-order valence-corrected chi connectivity index (χ0v) is 15.2. The van der Waals surface area contributed by atoms with E-state index < -0.39 is 0 Å². The van der Waals surface area contributed by atoms with Crippen LogP contribution in [-0.4, -0.2) is 35.2 Å². The topological polar surface area (TPSA) is 65.5 Å². The molecule has 1 fully saturated rings. The lowest BCUT2D eigenvalue weighted by molar-refractivity contribution is -0.122. The molecule has 1 unspecified atom stereocenters. The first kappa shape index (κ1) is 18.7. The second kappa shape index (κ2) is 8.47. The summed E-state index contributed by atoms with van der Waals surface area (Å²) in [5, 5.41) is 12.2. The minimum Gasteiger partial charge on any atom is -0.396 e. The highest BCUT2D eigenvalue weighted by molar-refractivity contribution is 5.76. The van der Waals surface area contributed by atoms with Gasteiger partial charge in [-0.3, -0.25) is 4.79 Å². The molecule has 2 N–H and O–H groups in total. The van der Waals surface area contributed by atoms with Crippen LogP contribution < -0.4 is 10.2 Å². The average Bonchev–Trinajstić information content (AvgIpc) is 2.53. The molecule has 0 aromatic carbocycles. The Bertz CT molecular complexity index is 520. The van der Waals surface area contributed by atoms with Crippen molar-refractivity contribution < 1.29 is 9.90 Å². The van der Waals surface area contributed by atoms with E-state index >= 15 is 0 Å². The first-order chi connectivity index (χ1) is 11.4. The second-order valence-electron chi connectivity index (χ2n) is 7.89. The number of amides is 1. The Morgan fingerprint density at radius 2 is 2.17 bits per heavy atom. The second-order valence-corrected chi connectivity index (χ2v) is 7.89. The third-order valence-corrected chi connectivity index (χ3v) is 4.37. The van der Waals surface area contributed by atoms with E-state index in [0.717, 1.165) is 30.8 Å². The zero-order valence-electron chi connectivity index (χ0n) is 15.2. The molecule has 1 aromatic rings. The number of hydrogen-bond acceptors (Lipinski definition) is 4. The Labute approximate surface area is 145 Å². The molecule has 1 aliphatic heterocycles. The lowest BCUT2D eigenvalue weighted by Crippen LogP contribution is -2.40. The maximum absolute atomic E-state index is 11.9. The molecule has 1 aliphatic rings. The third kappa shape index (κ3) is 5.78. The molecule has 1 amide bonds. The maximum atomic E-state index is 11.9. The van der Waals surface area contributed by atoms with Gasteiger partial charge in [0, 0.05) is 38.4 Å². The molecule has 0 aliphatic carbocycles. The van der Waals surface area contributed by atoms with Crippen molar-refractivity contribution in [2.24, 2.45) is 5.41 Å². The summed E-state index contributed by atoms with van der Waals surface area (Å²) in [6.07, 6.45) is 6.68. The van der Waals surface area contributed by atoms with Crippen molar-refractivity contribution in [3.05, 3.63) is 23.9 Å². The maximum Gasteiger partial charge on any atom is 0.220 e. The molecule has 5 nitrogen and oxygen atoms in total. The molecule has 1 saturated heterocycles. The van der Waals surface area contributed by atoms with Gasteiger partial charge >= 0.3 is 0 Å². The number of pyridine rings is 1. The smallest absolute Gasteiger partial charge is 0.220 e. The van der Waals surface area contributed by atoms with Gasteiger partial charge in [-0.15, -0.1) is 0 Å². The van der Waals surface area contributed by atoms with Crippen molar-refractivity contribution in [2.75, 3.05) is 18.1 Å². The van der Waals surface area contributed by atoms with Gasteiger partial charge < -0.3 is 15.3 Å². The molecule has 0 saturated carbocycles. The summed E-state index contributed by atoms with van der Waals surface area (Å²) in [4.78, 5) is 18.8. The van der Waals surface area contributed by atoms with Crippen LogP contribution >= 0.6 is 0 Å². The Kier molecular flexibility index (Phi) is 6.60. The highest BCUT2D eigenvalue weighted by Crippen LogP contribution is 2.25. The summed E-state index contributed by atoms with van der Waals surface area (Å²) in [6.45, 7) is 7.92. The highest BCUT2D eigenvalue weighted by Gasteiger charge is 2.23. The van der Waals surface area contributed by atoms with Crippen LogP contribution in [0, 0.1) is 5.41 Å². The van der Waals surface area contributed by atoms with Crippen molar-refractivity contribution in [3.8, 4) is 0 Å². The molecule has 2 rings (SSSR count). The largest absolute Gasteiger partial charge is 0.396 e. The summed E-state index contributed by atoms with van der Waals surface area (Å²) in [5.74, 6) is 1.04. The number of aromatic nitrogens is 1. The number of piperidine rings is 1. The van der Waals surface area contributed by atoms with Gasteiger partial charge in [0.1, 0.15) is 5.82 Å². The van der Waals surface area contributed by atoms with E-state index in [4.69, 9.17) is 0 Å². The van der Waals surface area contributed by atoms with Crippen molar-refractivity contribution >= 4 is 11.7 Å². The SMILES string of the molecule is CC(C)(C)CC(=O)NCc1ccc(N2CCCCC2CCO)nc1. The van der Waals surface area contributed by atoms with E-state index in [1.54, 1.807) is 0 Å². The summed E-state index contributed by atoms with van der Waals surface area (Å²) >= 11 is 0. The van der Waals surface area contributed by atoms with Gasteiger partial charge in [-0.1, -0.05) is 26.8 Å². The van der Waals surface area contributed by atoms with Gasteiger partial charge in [-0.2, -0.15) is 0 Å². The Balaban J connectivity index is 1.91. The van der Waals surface area contributed by atoms with Crippen molar-refractivity contribution in [1.29, 1.82) is 0 Å². The van der Waals surface area contributed by atoms with Crippen LogP contribution in [0.4, 0.5) is 5.82 Å².